The van der Waals surface area contributed by atoms with Gasteiger partial charge in [0, 0.05) is 6.20 Å². The number of carbonyl (C=O) groups is 1. The second-order valence-corrected chi connectivity index (χ2v) is 8.02. The molecule has 140 valence electrons. The van der Waals surface area contributed by atoms with Gasteiger partial charge >= 0.3 is 0 Å². The first-order chi connectivity index (χ1) is 13.0. The number of anilines is 1. The van der Waals surface area contributed by atoms with Crippen LogP contribution in [-0.2, 0) is 4.79 Å². The number of nitrogens with zero attached hydrogens (tertiary/aromatic N) is 2. The van der Waals surface area contributed by atoms with Gasteiger partial charge in [-0.15, -0.1) is 0 Å². The van der Waals surface area contributed by atoms with Crippen molar-refractivity contribution in [2.24, 2.45) is 5.92 Å². The minimum absolute atomic E-state index is 0.155. The van der Waals surface area contributed by atoms with Gasteiger partial charge in [-0.25, -0.2) is 0 Å². The second kappa shape index (κ2) is 8.54. The van der Waals surface area contributed by atoms with Gasteiger partial charge in [0.25, 0.3) is 5.91 Å². The highest BCUT2D eigenvalue weighted by molar-refractivity contribution is 8.27. The summed E-state index contributed by atoms with van der Waals surface area (Å²) in [6, 6.07) is 9.19. The maximum absolute atomic E-state index is 12.8. The zero-order valence-electron chi connectivity index (χ0n) is 15.3. The third-order valence-corrected chi connectivity index (χ3v) is 5.06. The summed E-state index contributed by atoms with van der Waals surface area (Å²) in [4.78, 5) is 18.9. The van der Waals surface area contributed by atoms with E-state index in [0.717, 1.165) is 5.56 Å². The Hall–Kier alpha value is -2.38. The molecule has 1 fully saturated rings. The molecule has 1 amide bonds. The van der Waals surface area contributed by atoms with Crippen LogP contribution in [0.3, 0.4) is 0 Å². The minimum Gasteiger partial charge on any atom is -0.493 e. The molecule has 27 heavy (non-hydrogen) atoms. The van der Waals surface area contributed by atoms with Gasteiger partial charge in [0.15, 0.2) is 15.8 Å². The lowest BCUT2D eigenvalue weighted by atomic mass is 10.1. The molecule has 0 spiro atoms. The Morgan fingerprint density at radius 3 is 2.78 bits per heavy atom. The highest BCUT2D eigenvalue weighted by Crippen LogP contribution is 2.37. The Morgan fingerprint density at radius 2 is 2.11 bits per heavy atom. The number of pyridine rings is 1. The van der Waals surface area contributed by atoms with Crippen molar-refractivity contribution in [3.05, 3.63) is 53.2 Å². The van der Waals surface area contributed by atoms with Gasteiger partial charge in [0.2, 0.25) is 0 Å². The standard InChI is InChI=1S/C20H20N2O3S2/c1-13(2)12-25-16-7-6-14(9-17(16)24-3)10-18-19(23)22(20(26)27-18)15-5-4-8-21-11-15/h4-11,13H,12H2,1-3H3/b18-10-. The molecular formula is C20H20N2O3S2. The zero-order valence-corrected chi connectivity index (χ0v) is 17.0. The van der Waals surface area contributed by atoms with Crippen molar-refractivity contribution in [1.82, 2.24) is 4.98 Å². The van der Waals surface area contributed by atoms with Gasteiger partial charge < -0.3 is 9.47 Å². The van der Waals surface area contributed by atoms with Crippen LogP contribution in [0.25, 0.3) is 6.08 Å². The number of thioether (sulfide) groups is 1. The van der Waals surface area contributed by atoms with Crippen molar-refractivity contribution in [2.75, 3.05) is 18.6 Å². The van der Waals surface area contributed by atoms with Crippen LogP contribution in [0, 0.1) is 5.92 Å². The summed E-state index contributed by atoms with van der Waals surface area (Å²) in [5.74, 6) is 1.58. The largest absolute Gasteiger partial charge is 0.493 e. The van der Waals surface area contributed by atoms with Gasteiger partial charge in [-0.3, -0.25) is 14.7 Å². The van der Waals surface area contributed by atoms with E-state index in [2.05, 4.69) is 18.8 Å². The summed E-state index contributed by atoms with van der Waals surface area (Å²) in [6.45, 7) is 4.79. The smallest absolute Gasteiger partial charge is 0.270 e. The third-order valence-electron chi connectivity index (χ3n) is 3.76. The molecule has 1 aliphatic rings. The molecule has 0 saturated carbocycles. The number of carbonyl (C=O) groups excluding carboxylic acids is 1. The van der Waals surface area contributed by atoms with Crippen molar-refractivity contribution in [3.63, 3.8) is 0 Å². The lowest BCUT2D eigenvalue weighted by molar-refractivity contribution is -0.113. The summed E-state index contributed by atoms with van der Waals surface area (Å²) in [6.07, 6.45) is 5.09. The molecule has 5 nitrogen and oxygen atoms in total. The summed E-state index contributed by atoms with van der Waals surface area (Å²) >= 11 is 6.65. The average molecular weight is 401 g/mol. The van der Waals surface area contributed by atoms with Crippen molar-refractivity contribution < 1.29 is 14.3 Å². The van der Waals surface area contributed by atoms with Crippen LogP contribution < -0.4 is 14.4 Å². The van der Waals surface area contributed by atoms with Gasteiger partial charge in [-0.05, 0) is 41.8 Å². The van der Waals surface area contributed by atoms with Crippen LogP contribution in [0.2, 0.25) is 0 Å². The second-order valence-electron chi connectivity index (χ2n) is 6.34. The van der Waals surface area contributed by atoms with Crippen LogP contribution in [-0.4, -0.2) is 28.9 Å². The van der Waals surface area contributed by atoms with Gasteiger partial charge in [-0.2, -0.15) is 0 Å². The molecular weight excluding hydrogens is 380 g/mol. The van der Waals surface area contributed by atoms with E-state index in [1.165, 1.54) is 16.7 Å². The summed E-state index contributed by atoms with van der Waals surface area (Å²) in [5.41, 5.74) is 1.51. The number of aromatic nitrogens is 1. The molecule has 1 saturated heterocycles. The minimum atomic E-state index is -0.155. The van der Waals surface area contributed by atoms with Crippen molar-refractivity contribution in [2.45, 2.75) is 13.8 Å². The predicted molar refractivity (Wildman–Crippen MR) is 113 cm³/mol. The highest BCUT2D eigenvalue weighted by Gasteiger charge is 2.33. The highest BCUT2D eigenvalue weighted by atomic mass is 32.2. The first kappa shape index (κ1) is 19.4. The average Bonchev–Trinajstić information content (AvgIpc) is 2.94. The first-order valence-corrected chi connectivity index (χ1v) is 9.71. The maximum Gasteiger partial charge on any atom is 0.270 e. The number of amides is 1. The van der Waals surface area contributed by atoms with Crippen LogP contribution in [0.5, 0.6) is 11.5 Å². The van der Waals surface area contributed by atoms with Crippen LogP contribution in [0.15, 0.2) is 47.6 Å². The SMILES string of the molecule is COc1cc(/C=C2\SC(=S)N(c3cccnc3)C2=O)ccc1OCC(C)C. The van der Waals surface area contributed by atoms with Gasteiger partial charge in [0.1, 0.15) is 0 Å². The lowest BCUT2D eigenvalue weighted by Gasteiger charge is -2.13. The fourth-order valence-electron chi connectivity index (χ4n) is 2.48. The summed E-state index contributed by atoms with van der Waals surface area (Å²) < 4.78 is 11.7. The fourth-order valence-corrected chi connectivity index (χ4v) is 3.78. The van der Waals surface area contributed by atoms with Crippen LogP contribution in [0.4, 0.5) is 5.69 Å². The topological polar surface area (TPSA) is 51.7 Å². The van der Waals surface area contributed by atoms with E-state index in [4.69, 9.17) is 21.7 Å². The number of methoxy groups -OCH3 is 1. The lowest BCUT2D eigenvalue weighted by Crippen LogP contribution is -2.27. The first-order valence-electron chi connectivity index (χ1n) is 8.48. The number of hydrogen-bond donors (Lipinski definition) is 0. The molecule has 0 aliphatic carbocycles. The quantitative estimate of drug-likeness (QED) is 0.524. The Kier molecular flexibility index (Phi) is 6.13. The molecule has 0 radical (unpaired) electrons. The van der Waals surface area contributed by atoms with E-state index < -0.39 is 0 Å². The van der Waals surface area contributed by atoms with E-state index in [9.17, 15) is 4.79 Å². The maximum atomic E-state index is 12.8. The number of rotatable bonds is 6. The molecule has 2 heterocycles. The predicted octanol–water partition coefficient (Wildman–Crippen LogP) is 4.53. The molecule has 2 aromatic rings. The molecule has 7 heteroatoms. The number of ether oxygens (including phenoxy) is 2. The molecule has 0 atom stereocenters. The summed E-state index contributed by atoms with van der Waals surface area (Å²) in [7, 11) is 1.60. The molecule has 3 rings (SSSR count). The molecule has 0 unspecified atom stereocenters. The normalized spacial score (nSPS) is 15.7. The van der Waals surface area contributed by atoms with Gasteiger partial charge in [-0.1, -0.05) is 43.9 Å². The molecule has 1 aliphatic heterocycles. The Balaban J connectivity index is 1.84. The van der Waals surface area contributed by atoms with Crippen LogP contribution in [0.1, 0.15) is 19.4 Å². The van der Waals surface area contributed by atoms with Gasteiger partial charge in [0.05, 0.1) is 30.5 Å². The fraction of sp³-hybridized carbons (Fsp3) is 0.250. The van der Waals surface area contributed by atoms with E-state index in [0.29, 0.717) is 38.9 Å². The third kappa shape index (κ3) is 4.48. The van der Waals surface area contributed by atoms with E-state index in [1.807, 2.05) is 30.3 Å². The van der Waals surface area contributed by atoms with E-state index in [-0.39, 0.29) is 5.91 Å². The Bertz CT molecular complexity index is 882. The van der Waals surface area contributed by atoms with E-state index >= 15 is 0 Å². The number of benzene rings is 1. The molecule has 0 N–H and O–H groups in total. The van der Waals surface area contributed by atoms with Crippen molar-refractivity contribution in [1.29, 1.82) is 0 Å². The Labute approximate surface area is 168 Å². The van der Waals surface area contributed by atoms with Crippen LogP contribution >= 0.6 is 24.0 Å². The Morgan fingerprint density at radius 1 is 1.30 bits per heavy atom. The molecule has 0 bridgehead atoms. The number of hydrogen-bond acceptors (Lipinski definition) is 6. The van der Waals surface area contributed by atoms with E-state index in [1.54, 1.807) is 25.6 Å². The van der Waals surface area contributed by atoms with Crippen molar-refractivity contribution in [3.8, 4) is 11.5 Å². The zero-order chi connectivity index (χ0) is 19.4. The molecule has 1 aromatic carbocycles. The molecule has 1 aromatic heterocycles. The summed E-state index contributed by atoms with van der Waals surface area (Å²) in [5, 5.41) is 0. The number of thiocarbonyl (C=S) groups is 1. The monoisotopic (exact) mass is 400 g/mol. The van der Waals surface area contributed by atoms with Crippen molar-refractivity contribution >= 4 is 46.0 Å².